The van der Waals surface area contributed by atoms with Crippen LogP contribution in [0.1, 0.15) is 6.42 Å². The summed E-state index contributed by atoms with van der Waals surface area (Å²) in [5.41, 5.74) is 0. The molecule has 13 heavy (non-hydrogen) atoms. The summed E-state index contributed by atoms with van der Waals surface area (Å²) in [5.74, 6) is 0. The third-order valence-electron chi connectivity index (χ3n) is 1.44. The Morgan fingerprint density at radius 3 is 2.38 bits per heavy atom. The van der Waals surface area contributed by atoms with E-state index in [9.17, 15) is 9.36 Å². The van der Waals surface area contributed by atoms with Gasteiger partial charge in [-0.25, -0.2) is 4.79 Å². The highest BCUT2D eigenvalue weighted by molar-refractivity contribution is 7.53. The van der Waals surface area contributed by atoms with Gasteiger partial charge in [0.25, 0.3) is 0 Å². The van der Waals surface area contributed by atoms with E-state index in [0.29, 0.717) is 6.42 Å². The average molecular weight is 211 g/mol. The van der Waals surface area contributed by atoms with Gasteiger partial charge in [0.1, 0.15) is 0 Å². The highest BCUT2D eigenvalue weighted by Gasteiger charge is 2.19. The summed E-state index contributed by atoms with van der Waals surface area (Å²) in [5, 5.41) is 10.4. The number of nitrogens with one attached hydrogen (secondary N) is 1. The summed E-state index contributed by atoms with van der Waals surface area (Å²) in [6.45, 7) is 0.242. The minimum atomic E-state index is -2.97. The van der Waals surface area contributed by atoms with Gasteiger partial charge in [0.15, 0.2) is 0 Å². The van der Waals surface area contributed by atoms with Gasteiger partial charge in [-0.1, -0.05) is 0 Å². The maximum absolute atomic E-state index is 11.4. The molecule has 0 heterocycles. The zero-order chi connectivity index (χ0) is 10.3. The Bertz CT molecular complexity index is 199. The molecule has 7 heteroatoms. The van der Waals surface area contributed by atoms with Crippen LogP contribution in [0.25, 0.3) is 0 Å². The van der Waals surface area contributed by atoms with Gasteiger partial charge in [-0.2, -0.15) is 0 Å². The molecule has 0 rings (SSSR count). The predicted molar refractivity (Wildman–Crippen MR) is 47.1 cm³/mol. The number of hydrogen-bond acceptors (Lipinski definition) is 4. The molecule has 78 valence electrons. The Labute approximate surface area is 76.8 Å². The number of carbonyl (C=O) groups is 1. The van der Waals surface area contributed by atoms with Crippen molar-refractivity contribution >= 4 is 13.7 Å². The van der Waals surface area contributed by atoms with E-state index in [-0.39, 0.29) is 12.7 Å². The lowest BCUT2D eigenvalue weighted by Gasteiger charge is -2.12. The Morgan fingerprint density at radius 1 is 1.46 bits per heavy atom. The van der Waals surface area contributed by atoms with Crippen molar-refractivity contribution in [1.29, 1.82) is 0 Å². The van der Waals surface area contributed by atoms with E-state index in [1.54, 1.807) is 0 Å². The van der Waals surface area contributed by atoms with E-state index in [1.165, 1.54) is 14.2 Å². The van der Waals surface area contributed by atoms with Crippen molar-refractivity contribution in [2.45, 2.75) is 6.42 Å². The molecule has 0 radical (unpaired) electrons. The lowest BCUT2D eigenvalue weighted by molar-refractivity contribution is 0.194. The third kappa shape index (κ3) is 5.63. The summed E-state index contributed by atoms with van der Waals surface area (Å²) in [7, 11) is -0.373. The van der Waals surface area contributed by atoms with E-state index in [1.807, 2.05) is 0 Å². The summed E-state index contributed by atoms with van der Waals surface area (Å²) < 4.78 is 20.7. The Hall–Kier alpha value is -0.580. The lowest BCUT2D eigenvalue weighted by atomic mass is 10.5. The first-order valence-corrected chi connectivity index (χ1v) is 5.44. The molecular formula is C6H14NO5P. The number of amides is 1. The molecule has 0 aliphatic carbocycles. The van der Waals surface area contributed by atoms with Crippen LogP contribution in [0.3, 0.4) is 0 Å². The molecule has 0 saturated heterocycles. The first kappa shape index (κ1) is 12.4. The van der Waals surface area contributed by atoms with E-state index >= 15 is 0 Å². The van der Waals surface area contributed by atoms with E-state index < -0.39 is 13.7 Å². The highest BCUT2D eigenvalue weighted by Crippen LogP contribution is 2.46. The van der Waals surface area contributed by atoms with E-state index in [2.05, 4.69) is 14.4 Å². The predicted octanol–water partition coefficient (Wildman–Crippen LogP) is 1.13. The molecular weight excluding hydrogens is 197 g/mol. The van der Waals surface area contributed by atoms with Crippen LogP contribution >= 0.6 is 7.60 Å². The molecule has 0 aromatic heterocycles. The molecule has 1 amide bonds. The Morgan fingerprint density at radius 2 is 2.00 bits per heavy atom. The van der Waals surface area contributed by atoms with Crippen LogP contribution in [-0.2, 0) is 13.6 Å². The molecule has 0 aromatic carbocycles. The second-order valence-electron chi connectivity index (χ2n) is 2.29. The second kappa shape index (κ2) is 5.96. The van der Waals surface area contributed by atoms with Gasteiger partial charge in [0.05, 0.1) is 6.16 Å². The van der Waals surface area contributed by atoms with Crippen molar-refractivity contribution in [3.63, 3.8) is 0 Å². The molecule has 0 bridgehead atoms. The Kier molecular flexibility index (Phi) is 5.70. The third-order valence-corrected chi connectivity index (χ3v) is 3.42. The van der Waals surface area contributed by atoms with Crippen LogP contribution in [-0.4, -0.2) is 38.1 Å². The first-order chi connectivity index (χ1) is 6.04. The quantitative estimate of drug-likeness (QED) is 0.508. The van der Waals surface area contributed by atoms with Crippen molar-refractivity contribution < 1.29 is 23.5 Å². The van der Waals surface area contributed by atoms with Crippen molar-refractivity contribution in [3.8, 4) is 0 Å². The molecule has 0 unspecified atom stereocenters. The fourth-order valence-electron chi connectivity index (χ4n) is 0.725. The molecule has 0 fully saturated rings. The maximum Gasteiger partial charge on any atom is 0.404 e. The van der Waals surface area contributed by atoms with Crippen molar-refractivity contribution in [3.05, 3.63) is 0 Å². The minimum absolute atomic E-state index is 0.209. The summed E-state index contributed by atoms with van der Waals surface area (Å²) in [6.07, 6.45) is -0.462. The average Bonchev–Trinajstić information content (AvgIpc) is 2.12. The molecule has 0 atom stereocenters. The van der Waals surface area contributed by atoms with Gasteiger partial charge in [-0.15, -0.1) is 0 Å². The van der Waals surface area contributed by atoms with Crippen LogP contribution in [0.4, 0.5) is 4.79 Å². The topological polar surface area (TPSA) is 84.9 Å². The van der Waals surface area contributed by atoms with Crippen LogP contribution in [0.5, 0.6) is 0 Å². The molecule has 0 aliphatic heterocycles. The second-order valence-corrected chi connectivity index (χ2v) is 4.68. The smallest absolute Gasteiger partial charge is 0.404 e. The highest BCUT2D eigenvalue weighted by atomic mass is 31.2. The minimum Gasteiger partial charge on any atom is -0.465 e. The first-order valence-electron chi connectivity index (χ1n) is 3.71. The van der Waals surface area contributed by atoms with Gasteiger partial charge in [-0.3, -0.25) is 4.57 Å². The largest absolute Gasteiger partial charge is 0.465 e. The van der Waals surface area contributed by atoms with Gasteiger partial charge < -0.3 is 19.5 Å². The van der Waals surface area contributed by atoms with Crippen molar-refractivity contribution in [2.24, 2.45) is 0 Å². The van der Waals surface area contributed by atoms with Crippen LogP contribution in [0.2, 0.25) is 0 Å². The number of rotatable bonds is 6. The van der Waals surface area contributed by atoms with Gasteiger partial charge in [0.2, 0.25) is 0 Å². The zero-order valence-electron chi connectivity index (χ0n) is 7.65. The summed E-state index contributed by atoms with van der Waals surface area (Å²) in [6, 6.07) is 0. The van der Waals surface area contributed by atoms with Gasteiger partial charge in [0, 0.05) is 20.8 Å². The Balaban J connectivity index is 3.62. The normalized spacial score (nSPS) is 11.2. The SMILES string of the molecule is COP(=O)(CCCNC(=O)O)OC. The van der Waals surface area contributed by atoms with E-state index in [4.69, 9.17) is 5.11 Å². The number of hydrogen-bond donors (Lipinski definition) is 2. The number of carboxylic acid groups (broad SMARTS) is 1. The van der Waals surface area contributed by atoms with E-state index in [0.717, 1.165) is 0 Å². The van der Waals surface area contributed by atoms with Gasteiger partial charge in [-0.05, 0) is 6.42 Å². The molecule has 0 aromatic rings. The molecule has 0 saturated carbocycles. The van der Waals surface area contributed by atoms with Crippen molar-refractivity contribution in [2.75, 3.05) is 26.9 Å². The van der Waals surface area contributed by atoms with Crippen LogP contribution in [0.15, 0.2) is 0 Å². The van der Waals surface area contributed by atoms with Crippen LogP contribution < -0.4 is 5.32 Å². The summed E-state index contributed by atoms with van der Waals surface area (Å²) >= 11 is 0. The van der Waals surface area contributed by atoms with Crippen molar-refractivity contribution in [1.82, 2.24) is 5.32 Å². The fraction of sp³-hybridized carbons (Fsp3) is 0.833. The maximum atomic E-state index is 11.4. The monoisotopic (exact) mass is 211 g/mol. The van der Waals surface area contributed by atoms with Crippen LogP contribution in [0, 0.1) is 0 Å². The standard InChI is InChI=1S/C6H14NO5P/c1-11-13(10,12-2)5-3-4-7-6(8)9/h7H,3-5H2,1-2H3,(H,8,9). The van der Waals surface area contributed by atoms with Gasteiger partial charge >= 0.3 is 13.7 Å². The molecule has 0 aliphatic rings. The lowest BCUT2D eigenvalue weighted by Crippen LogP contribution is -2.22. The fourth-order valence-corrected chi connectivity index (χ4v) is 1.78. The molecule has 6 nitrogen and oxygen atoms in total. The molecule has 0 spiro atoms. The summed E-state index contributed by atoms with van der Waals surface area (Å²) in [4.78, 5) is 10.0. The molecule has 2 N–H and O–H groups in total. The zero-order valence-corrected chi connectivity index (χ0v) is 8.54.